The molecule has 6 nitrogen and oxygen atoms in total. The van der Waals surface area contributed by atoms with Crippen LogP contribution < -0.4 is 16.2 Å². The van der Waals surface area contributed by atoms with Crippen LogP contribution in [0.25, 0.3) is 10.9 Å². The molecule has 0 aliphatic rings. The second-order valence-corrected chi connectivity index (χ2v) is 4.45. The van der Waals surface area contributed by atoms with Gasteiger partial charge in [0, 0.05) is 11.3 Å². The number of rotatable bonds is 3. The standard InChI is InChI=1S/C15H12N4O2/c16-10-4-5-13-12(7-10)15(19-8-18-13)21-11-3-1-2-9(6-11)14(17)20/h1-8H,16H2,(H2,17,20). The van der Waals surface area contributed by atoms with Gasteiger partial charge < -0.3 is 16.2 Å². The Kier molecular flexibility index (Phi) is 3.12. The smallest absolute Gasteiger partial charge is 0.248 e. The summed E-state index contributed by atoms with van der Waals surface area (Å²) in [6, 6.07) is 11.9. The van der Waals surface area contributed by atoms with Crippen molar-refractivity contribution in [2.24, 2.45) is 5.73 Å². The van der Waals surface area contributed by atoms with Gasteiger partial charge in [0.05, 0.1) is 10.9 Å². The number of anilines is 1. The fourth-order valence-electron chi connectivity index (χ4n) is 1.96. The van der Waals surface area contributed by atoms with Crippen molar-refractivity contribution in [1.29, 1.82) is 0 Å². The summed E-state index contributed by atoms with van der Waals surface area (Å²) >= 11 is 0. The molecule has 0 bridgehead atoms. The van der Waals surface area contributed by atoms with Crippen LogP contribution in [0, 0.1) is 0 Å². The van der Waals surface area contributed by atoms with Crippen molar-refractivity contribution >= 4 is 22.5 Å². The third-order valence-corrected chi connectivity index (χ3v) is 2.96. The van der Waals surface area contributed by atoms with E-state index in [9.17, 15) is 4.79 Å². The number of primary amides is 1. The molecule has 1 aromatic heterocycles. The molecule has 0 saturated carbocycles. The van der Waals surface area contributed by atoms with Crippen LogP contribution >= 0.6 is 0 Å². The molecular weight excluding hydrogens is 268 g/mol. The van der Waals surface area contributed by atoms with Gasteiger partial charge in [0.2, 0.25) is 11.8 Å². The SMILES string of the molecule is NC(=O)c1cccc(Oc2ncnc3ccc(N)cc23)c1. The average Bonchev–Trinajstić information content (AvgIpc) is 2.48. The molecule has 0 fully saturated rings. The quantitative estimate of drug-likeness (QED) is 0.715. The third-order valence-electron chi connectivity index (χ3n) is 2.96. The first-order valence-electron chi connectivity index (χ1n) is 6.21. The largest absolute Gasteiger partial charge is 0.438 e. The number of carbonyl (C=O) groups excluding carboxylic acids is 1. The predicted molar refractivity (Wildman–Crippen MR) is 79.0 cm³/mol. The summed E-state index contributed by atoms with van der Waals surface area (Å²) in [6.07, 6.45) is 1.41. The van der Waals surface area contributed by atoms with Crippen LogP contribution in [0.3, 0.4) is 0 Å². The van der Waals surface area contributed by atoms with Gasteiger partial charge in [-0.25, -0.2) is 9.97 Å². The van der Waals surface area contributed by atoms with Gasteiger partial charge in [-0.3, -0.25) is 4.79 Å². The minimum atomic E-state index is -0.516. The number of nitrogen functional groups attached to an aromatic ring is 1. The van der Waals surface area contributed by atoms with E-state index < -0.39 is 5.91 Å². The Morgan fingerprint density at radius 2 is 1.95 bits per heavy atom. The molecule has 4 N–H and O–H groups in total. The topological polar surface area (TPSA) is 104 Å². The Morgan fingerprint density at radius 1 is 1.10 bits per heavy atom. The molecule has 21 heavy (non-hydrogen) atoms. The van der Waals surface area contributed by atoms with E-state index in [1.807, 2.05) is 0 Å². The number of nitrogens with zero attached hydrogens (tertiary/aromatic N) is 2. The zero-order chi connectivity index (χ0) is 14.8. The highest BCUT2D eigenvalue weighted by Crippen LogP contribution is 2.28. The molecule has 0 unspecified atom stereocenters. The number of benzene rings is 2. The van der Waals surface area contributed by atoms with E-state index in [-0.39, 0.29) is 0 Å². The Balaban J connectivity index is 2.04. The van der Waals surface area contributed by atoms with Crippen LogP contribution in [0.15, 0.2) is 48.8 Å². The molecule has 0 saturated heterocycles. The average molecular weight is 280 g/mol. The monoisotopic (exact) mass is 280 g/mol. The van der Waals surface area contributed by atoms with Gasteiger partial charge in [0.1, 0.15) is 12.1 Å². The minimum absolute atomic E-state index is 0.366. The molecule has 0 atom stereocenters. The molecule has 2 aromatic carbocycles. The molecule has 3 rings (SSSR count). The number of aromatic nitrogens is 2. The summed E-state index contributed by atoms with van der Waals surface area (Å²) in [6.45, 7) is 0. The fourth-order valence-corrected chi connectivity index (χ4v) is 1.96. The van der Waals surface area contributed by atoms with Crippen LogP contribution in [-0.2, 0) is 0 Å². The first kappa shape index (κ1) is 12.9. The van der Waals surface area contributed by atoms with Gasteiger partial charge in [0.25, 0.3) is 0 Å². The summed E-state index contributed by atoms with van der Waals surface area (Å²) in [5.74, 6) is 0.319. The van der Waals surface area contributed by atoms with Gasteiger partial charge >= 0.3 is 0 Å². The molecule has 0 radical (unpaired) electrons. The number of ether oxygens (including phenoxy) is 1. The van der Waals surface area contributed by atoms with Crippen LogP contribution in [0.1, 0.15) is 10.4 Å². The first-order valence-corrected chi connectivity index (χ1v) is 6.21. The lowest BCUT2D eigenvalue weighted by Gasteiger charge is -2.08. The van der Waals surface area contributed by atoms with E-state index >= 15 is 0 Å². The zero-order valence-corrected chi connectivity index (χ0v) is 11.0. The maximum absolute atomic E-state index is 11.2. The Bertz CT molecular complexity index is 833. The Labute approximate surface area is 120 Å². The number of amides is 1. The van der Waals surface area contributed by atoms with Crippen molar-refractivity contribution in [3.63, 3.8) is 0 Å². The molecule has 0 spiro atoms. The fraction of sp³-hybridized carbons (Fsp3) is 0. The lowest BCUT2D eigenvalue weighted by molar-refractivity contribution is 0.1000. The predicted octanol–water partition coefficient (Wildman–Crippen LogP) is 2.10. The van der Waals surface area contributed by atoms with Crippen molar-refractivity contribution in [3.05, 3.63) is 54.4 Å². The van der Waals surface area contributed by atoms with Gasteiger partial charge in [-0.2, -0.15) is 0 Å². The van der Waals surface area contributed by atoms with Crippen molar-refractivity contribution in [3.8, 4) is 11.6 Å². The summed E-state index contributed by atoms with van der Waals surface area (Å²) in [7, 11) is 0. The molecule has 1 amide bonds. The van der Waals surface area contributed by atoms with E-state index in [2.05, 4.69) is 9.97 Å². The molecule has 6 heteroatoms. The first-order chi connectivity index (χ1) is 10.1. The number of nitrogens with two attached hydrogens (primary N) is 2. The molecule has 0 aliphatic carbocycles. The van der Waals surface area contributed by atoms with Gasteiger partial charge in [-0.05, 0) is 36.4 Å². The van der Waals surface area contributed by atoms with E-state index in [1.165, 1.54) is 6.33 Å². The van der Waals surface area contributed by atoms with E-state index in [4.69, 9.17) is 16.2 Å². The molecular formula is C15H12N4O2. The molecule has 3 aromatic rings. The van der Waals surface area contributed by atoms with Crippen LogP contribution in [0.5, 0.6) is 11.6 Å². The van der Waals surface area contributed by atoms with Crippen LogP contribution in [0.4, 0.5) is 5.69 Å². The highest BCUT2D eigenvalue weighted by atomic mass is 16.5. The number of hydrogen-bond donors (Lipinski definition) is 2. The van der Waals surface area contributed by atoms with E-state index in [0.717, 1.165) is 5.52 Å². The zero-order valence-electron chi connectivity index (χ0n) is 11.0. The van der Waals surface area contributed by atoms with Crippen molar-refractivity contribution < 1.29 is 9.53 Å². The number of hydrogen-bond acceptors (Lipinski definition) is 5. The highest BCUT2D eigenvalue weighted by Gasteiger charge is 2.08. The maximum Gasteiger partial charge on any atom is 0.248 e. The van der Waals surface area contributed by atoms with Crippen LogP contribution in [-0.4, -0.2) is 15.9 Å². The highest BCUT2D eigenvalue weighted by molar-refractivity contribution is 5.93. The third kappa shape index (κ3) is 2.59. The van der Waals surface area contributed by atoms with Gasteiger partial charge in [-0.15, -0.1) is 0 Å². The molecule has 0 aliphatic heterocycles. The number of fused-ring (bicyclic) bond motifs is 1. The Morgan fingerprint density at radius 3 is 2.76 bits per heavy atom. The van der Waals surface area contributed by atoms with Gasteiger partial charge in [-0.1, -0.05) is 6.07 Å². The van der Waals surface area contributed by atoms with Crippen molar-refractivity contribution in [2.75, 3.05) is 5.73 Å². The number of carbonyl (C=O) groups is 1. The van der Waals surface area contributed by atoms with Crippen molar-refractivity contribution in [1.82, 2.24) is 9.97 Å². The van der Waals surface area contributed by atoms with Crippen LogP contribution in [0.2, 0.25) is 0 Å². The summed E-state index contributed by atoms with van der Waals surface area (Å²) in [5, 5.41) is 0.696. The molecule has 104 valence electrons. The Hall–Kier alpha value is -3.15. The summed E-state index contributed by atoms with van der Waals surface area (Å²) in [4.78, 5) is 19.4. The van der Waals surface area contributed by atoms with E-state index in [0.29, 0.717) is 28.3 Å². The maximum atomic E-state index is 11.2. The lowest BCUT2D eigenvalue weighted by Crippen LogP contribution is -2.10. The van der Waals surface area contributed by atoms with Gasteiger partial charge in [0.15, 0.2) is 0 Å². The second kappa shape index (κ2) is 5.09. The van der Waals surface area contributed by atoms with E-state index in [1.54, 1.807) is 42.5 Å². The summed E-state index contributed by atoms with van der Waals surface area (Å²) in [5.41, 5.74) is 12.7. The summed E-state index contributed by atoms with van der Waals surface area (Å²) < 4.78 is 5.72. The molecule has 1 heterocycles. The minimum Gasteiger partial charge on any atom is -0.438 e. The normalized spacial score (nSPS) is 10.5. The lowest BCUT2D eigenvalue weighted by atomic mass is 10.2. The second-order valence-electron chi connectivity index (χ2n) is 4.45. The van der Waals surface area contributed by atoms with Crippen molar-refractivity contribution in [2.45, 2.75) is 0 Å².